The van der Waals surface area contributed by atoms with Crippen molar-refractivity contribution in [1.29, 1.82) is 0 Å². The van der Waals surface area contributed by atoms with Crippen molar-refractivity contribution in [3.05, 3.63) is 42.5 Å². The standard InChI is InChI=1S/C28H37N7O3/c1-3-24(38-26-18-23(35-11-15-37-16-12-35)17-25-27(26)30-7-6-29-25)4-2-22(1)33-28-31-19-21(20-32-28)5-8-34-9-13-36-14-10-34/h6-7,17-20,22,24H,1-5,8-16H2,(H,31,32,33)/t22-,24+. The van der Waals surface area contributed by atoms with Crippen molar-refractivity contribution in [1.82, 2.24) is 24.8 Å². The number of nitrogens with zero attached hydrogens (tertiary/aromatic N) is 6. The number of aromatic nitrogens is 4. The minimum Gasteiger partial charge on any atom is -0.488 e. The molecule has 3 fully saturated rings. The number of hydrogen-bond acceptors (Lipinski definition) is 10. The molecule has 2 aliphatic heterocycles. The van der Waals surface area contributed by atoms with Gasteiger partial charge in [0.2, 0.25) is 5.95 Å². The molecule has 3 aliphatic rings. The van der Waals surface area contributed by atoms with E-state index < -0.39 is 0 Å². The highest BCUT2D eigenvalue weighted by molar-refractivity contribution is 5.85. The molecule has 0 atom stereocenters. The Morgan fingerprint density at radius 1 is 0.842 bits per heavy atom. The number of nitrogens with one attached hydrogen (secondary N) is 1. The fourth-order valence-corrected chi connectivity index (χ4v) is 5.48. The van der Waals surface area contributed by atoms with E-state index in [4.69, 9.17) is 14.2 Å². The van der Waals surface area contributed by atoms with Crippen LogP contribution in [0.2, 0.25) is 0 Å². The Labute approximate surface area is 223 Å². The van der Waals surface area contributed by atoms with Crippen molar-refractivity contribution < 1.29 is 14.2 Å². The summed E-state index contributed by atoms with van der Waals surface area (Å²) in [5.74, 6) is 1.54. The second kappa shape index (κ2) is 12.2. The zero-order valence-corrected chi connectivity index (χ0v) is 21.9. The first kappa shape index (κ1) is 25.2. The quantitative estimate of drug-likeness (QED) is 0.478. The van der Waals surface area contributed by atoms with Gasteiger partial charge in [0.15, 0.2) is 0 Å². The van der Waals surface area contributed by atoms with Gasteiger partial charge in [0.05, 0.1) is 38.0 Å². The minimum absolute atomic E-state index is 0.154. The van der Waals surface area contributed by atoms with E-state index in [0.29, 0.717) is 12.0 Å². The summed E-state index contributed by atoms with van der Waals surface area (Å²) >= 11 is 0. The van der Waals surface area contributed by atoms with Crippen molar-refractivity contribution in [2.45, 2.75) is 44.2 Å². The van der Waals surface area contributed by atoms with Crippen molar-refractivity contribution >= 4 is 22.7 Å². The molecule has 10 nitrogen and oxygen atoms in total. The summed E-state index contributed by atoms with van der Waals surface area (Å²) in [5.41, 5.74) is 3.99. The molecule has 1 aliphatic carbocycles. The van der Waals surface area contributed by atoms with E-state index in [2.05, 4.69) is 47.2 Å². The van der Waals surface area contributed by atoms with Crippen molar-refractivity contribution in [3.63, 3.8) is 0 Å². The molecular weight excluding hydrogens is 482 g/mol. The SMILES string of the molecule is c1cnc2c(O[C@H]3CC[C@@H](Nc4ncc(CCN5CCOCC5)cn4)CC3)cc(N3CCOCC3)cc2n1. The second-order valence-corrected chi connectivity index (χ2v) is 10.3. The van der Waals surface area contributed by atoms with Crippen molar-refractivity contribution in [3.8, 4) is 5.75 Å². The summed E-state index contributed by atoms with van der Waals surface area (Å²) in [6, 6.07) is 4.58. The predicted molar refractivity (Wildman–Crippen MR) is 146 cm³/mol. The molecule has 1 saturated carbocycles. The number of hydrogen-bond donors (Lipinski definition) is 1. The highest BCUT2D eigenvalue weighted by Gasteiger charge is 2.25. The molecule has 10 heteroatoms. The van der Waals surface area contributed by atoms with E-state index in [0.717, 1.165) is 114 Å². The van der Waals surface area contributed by atoms with Crippen molar-refractivity contribution in [2.75, 3.05) is 69.4 Å². The normalized spacial score (nSPS) is 22.9. The Morgan fingerprint density at radius 2 is 1.55 bits per heavy atom. The summed E-state index contributed by atoms with van der Waals surface area (Å²) < 4.78 is 17.5. The molecule has 1 aromatic carbocycles. The number of fused-ring (bicyclic) bond motifs is 1. The zero-order valence-electron chi connectivity index (χ0n) is 21.9. The van der Waals surface area contributed by atoms with Crippen LogP contribution in [-0.4, -0.2) is 96.1 Å². The van der Waals surface area contributed by atoms with Crippen molar-refractivity contribution in [2.24, 2.45) is 0 Å². The van der Waals surface area contributed by atoms with Gasteiger partial charge in [-0.15, -0.1) is 0 Å². The highest BCUT2D eigenvalue weighted by Crippen LogP contribution is 2.33. The molecule has 4 heterocycles. The summed E-state index contributed by atoms with van der Waals surface area (Å²) in [7, 11) is 0. The number of benzene rings is 1. The third kappa shape index (κ3) is 6.31. The minimum atomic E-state index is 0.154. The van der Waals surface area contributed by atoms with E-state index in [1.807, 2.05) is 12.4 Å². The predicted octanol–water partition coefficient (Wildman–Crippen LogP) is 2.93. The maximum absolute atomic E-state index is 6.56. The van der Waals surface area contributed by atoms with Gasteiger partial charge in [0.1, 0.15) is 11.3 Å². The Kier molecular flexibility index (Phi) is 8.09. The van der Waals surface area contributed by atoms with Gasteiger partial charge >= 0.3 is 0 Å². The van der Waals surface area contributed by atoms with E-state index in [1.165, 1.54) is 5.56 Å². The number of anilines is 2. The maximum Gasteiger partial charge on any atom is 0.222 e. The first-order chi connectivity index (χ1) is 18.8. The number of morpholine rings is 2. The number of rotatable bonds is 8. The molecule has 1 N–H and O–H groups in total. The van der Waals surface area contributed by atoms with Crippen LogP contribution in [0.15, 0.2) is 36.9 Å². The Hall–Kier alpha value is -3.08. The monoisotopic (exact) mass is 519 g/mol. The molecule has 2 aromatic heterocycles. The van der Waals surface area contributed by atoms with Gasteiger partial charge in [0.25, 0.3) is 0 Å². The zero-order chi connectivity index (χ0) is 25.6. The smallest absolute Gasteiger partial charge is 0.222 e. The summed E-state index contributed by atoms with van der Waals surface area (Å²) in [6.45, 7) is 7.94. The lowest BCUT2D eigenvalue weighted by molar-refractivity contribution is 0.0384. The number of ether oxygens (including phenoxy) is 3. The van der Waals surface area contributed by atoms with Crippen LogP contribution in [0.4, 0.5) is 11.6 Å². The van der Waals surface area contributed by atoms with Crippen LogP contribution in [0.25, 0.3) is 11.0 Å². The van der Waals surface area contributed by atoms with Gasteiger partial charge in [-0.25, -0.2) is 15.0 Å². The fraction of sp³-hybridized carbons (Fsp3) is 0.571. The Balaban J connectivity index is 1.02. The van der Waals surface area contributed by atoms with Gasteiger partial charge in [-0.3, -0.25) is 9.88 Å². The van der Waals surface area contributed by atoms with Crippen LogP contribution in [0.1, 0.15) is 31.2 Å². The third-order valence-electron chi connectivity index (χ3n) is 7.73. The van der Waals surface area contributed by atoms with Crippen LogP contribution in [0, 0.1) is 0 Å². The van der Waals surface area contributed by atoms with Crippen LogP contribution < -0.4 is 15.0 Å². The lowest BCUT2D eigenvalue weighted by Gasteiger charge is -2.31. The Morgan fingerprint density at radius 3 is 2.32 bits per heavy atom. The highest BCUT2D eigenvalue weighted by atomic mass is 16.5. The lowest BCUT2D eigenvalue weighted by atomic mass is 9.93. The van der Waals surface area contributed by atoms with Gasteiger partial charge in [-0.05, 0) is 43.7 Å². The lowest BCUT2D eigenvalue weighted by Crippen LogP contribution is -2.37. The average molecular weight is 520 g/mol. The van der Waals surface area contributed by atoms with E-state index >= 15 is 0 Å². The maximum atomic E-state index is 6.56. The van der Waals surface area contributed by atoms with Gasteiger partial charge < -0.3 is 24.4 Å². The average Bonchev–Trinajstić information content (AvgIpc) is 2.99. The molecule has 0 spiro atoms. The molecular formula is C28H37N7O3. The molecule has 0 radical (unpaired) electrons. The first-order valence-electron chi connectivity index (χ1n) is 13.9. The molecule has 0 unspecified atom stereocenters. The summed E-state index contributed by atoms with van der Waals surface area (Å²) in [6.07, 6.45) is 12.5. The van der Waals surface area contributed by atoms with Gasteiger partial charge in [0, 0.05) is 75.3 Å². The molecule has 6 rings (SSSR count). The third-order valence-corrected chi connectivity index (χ3v) is 7.73. The van der Waals surface area contributed by atoms with E-state index in [1.54, 1.807) is 12.4 Å². The molecule has 0 bridgehead atoms. The van der Waals surface area contributed by atoms with Crippen LogP contribution >= 0.6 is 0 Å². The van der Waals surface area contributed by atoms with Gasteiger partial charge in [-0.1, -0.05) is 0 Å². The fourth-order valence-electron chi connectivity index (χ4n) is 5.48. The largest absolute Gasteiger partial charge is 0.488 e. The molecule has 0 amide bonds. The van der Waals surface area contributed by atoms with Crippen LogP contribution in [0.3, 0.4) is 0 Å². The molecule has 2 saturated heterocycles. The molecule has 38 heavy (non-hydrogen) atoms. The second-order valence-electron chi connectivity index (χ2n) is 10.3. The van der Waals surface area contributed by atoms with E-state index in [-0.39, 0.29) is 6.10 Å². The first-order valence-corrected chi connectivity index (χ1v) is 13.9. The van der Waals surface area contributed by atoms with Crippen LogP contribution in [-0.2, 0) is 15.9 Å². The summed E-state index contributed by atoms with van der Waals surface area (Å²) in [4.78, 5) is 23.1. The summed E-state index contributed by atoms with van der Waals surface area (Å²) in [5, 5.41) is 3.53. The molecule has 3 aromatic rings. The Bertz CT molecular complexity index is 1170. The topological polar surface area (TPSA) is 97.8 Å². The van der Waals surface area contributed by atoms with E-state index in [9.17, 15) is 0 Å². The van der Waals surface area contributed by atoms with Crippen LogP contribution in [0.5, 0.6) is 5.75 Å². The molecule has 202 valence electrons. The van der Waals surface area contributed by atoms with Gasteiger partial charge in [-0.2, -0.15) is 0 Å².